The summed E-state index contributed by atoms with van der Waals surface area (Å²) in [6.07, 6.45) is -5.49. The van der Waals surface area contributed by atoms with Crippen LogP contribution in [0.2, 0.25) is 0 Å². The first-order chi connectivity index (χ1) is 8.86. The first-order valence-corrected chi connectivity index (χ1v) is 6.20. The van der Waals surface area contributed by atoms with E-state index in [2.05, 4.69) is 0 Å². The Labute approximate surface area is 109 Å². The number of rotatable bonds is 2. The Hall–Kier alpha value is -1.27. The zero-order valence-corrected chi connectivity index (χ0v) is 10.5. The SMILES string of the molecule is Nc1ccc2c(c1)CCN(C[C@H](O)C(F)(F)F)CC2. The highest BCUT2D eigenvalue weighted by molar-refractivity contribution is 5.45. The summed E-state index contributed by atoms with van der Waals surface area (Å²) in [7, 11) is 0. The van der Waals surface area contributed by atoms with E-state index >= 15 is 0 Å². The molecule has 106 valence electrons. The molecule has 3 nitrogen and oxygen atoms in total. The molecule has 0 amide bonds. The molecule has 0 unspecified atom stereocenters. The topological polar surface area (TPSA) is 49.5 Å². The number of anilines is 1. The van der Waals surface area contributed by atoms with Crippen molar-refractivity contribution in [2.75, 3.05) is 25.4 Å². The van der Waals surface area contributed by atoms with Gasteiger partial charge >= 0.3 is 6.18 Å². The second-order valence-electron chi connectivity index (χ2n) is 4.89. The van der Waals surface area contributed by atoms with E-state index < -0.39 is 12.3 Å². The molecule has 0 bridgehead atoms. The largest absolute Gasteiger partial charge is 0.415 e. The van der Waals surface area contributed by atoms with Crippen LogP contribution in [-0.4, -0.2) is 41.9 Å². The van der Waals surface area contributed by atoms with Crippen LogP contribution in [0, 0.1) is 0 Å². The Morgan fingerprint density at radius 1 is 1.21 bits per heavy atom. The van der Waals surface area contributed by atoms with Gasteiger partial charge in [0.05, 0.1) is 0 Å². The van der Waals surface area contributed by atoms with Crippen LogP contribution in [-0.2, 0) is 12.8 Å². The van der Waals surface area contributed by atoms with E-state index in [1.807, 2.05) is 12.1 Å². The van der Waals surface area contributed by atoms with Crippen molar-refractivity contribution in [2.24, 2.45) is 0 Å². The number of aliphatic hydroxyl groups excluding tert-OH is 1. The van der Waals surface area contributed by atoms with Gasteiger partial charge in [-0.1, -0.05) is 6.07 Å². The summed E-state index contributed by atoms with van der Waals surface area (Å²) >= 11 is 0. The van der Waals surface area contributed by atoms with Gasteiger partial charge in [-0.3, -0.25) is 4.90 Å². The summed E-state index contributed by atoms with van der Waals surface area (Å²) in [5.74, 6) is 0. The number of hydrogen-bond acceptors (Lipinski definition) is 3. The van der Waals surface area contributed by atoms with Gasteiger partial charge in [-0.05, 0) is 36.1 Å². The Kier molecular flexibility index (Phi) is 4.01. The number of alkyl halides is 3. The Balaban J connectivity index is 2.00. The molecule has 0 radical (unpaired) electrons. The van der Waals surface area contributed by atoms with Crippen molar-refractivity contribution >= 4 is 5.69 Å². The molecule has 2 rings (SSSR count). The molecule has 0 fully saturated rings. The molecule has 1 heterocycles. The highest BCUT2D eigenvalue weighted by atomic mass is 19.4. The first kappa shape index (κ1) is 14.1. The Bertz CT molecular complexity index is 448. The summed E-state index contributed by atoms with van der Waals surface area (Å²) in [6.45, 7) is 0.653. The minimum atomic E-state index is -4.55. The van der Waals surface area contributed by atoms with E-state index in [4.69, 9.17) is 10.8 Å². The maximum Gasteiger partial charge on any atom is 0.415 e. The lowest BCUT2D eigenvalue weighted by Crippen LogP contribution is -2.41. The fourth-order valence-corrected chi connectivity index (χ4v) is 2.32. The number of benzene rings is 1. The summed E-state index contributed by atoms with van der Waals surface area (Å²) in [6, 6.07) is 5.60. The van der Waals surface area contributed by atoms with Gasteiger partial charge in [0.25, 0.3) is 0 Å². The third-order valence-corrected chi connectivity index (χ3v) is 3.43. The molecule has 3 N–H and O–H groups in total. The molecule has 0 aromatic heterocycles. The molecule has 0 aliphatic carbocycles. The lowest BCUT2D eigenvalue weighted by atomic mass is 10.0. The zero-order chi connectivity index (χ0) is 14.0. The van der Waals surface area contributed by atoms with Gasteiger partial charge in [-0.25, -0.2) is 0 Å². The number of hydrogen-bond donors (Lipinski definition) is 2. The molecule has 1 aliphatic rings. The smallest absolute Gasteiger partial charge is 0.399 e. The fraction of sp³-hybridized carbons (Fsp3) is 0.538. The second kappa shape index (κ2) is 5.38. The number of aliphatic hydroxyl groups is 1. The number of nitrogens with two attached hydrogens (primary N) is 1. The van der Waals surface area contributed by atoms with E-state index in [-0.39, 0.29) is 6.54 Å². The summed E-state index contributed by atoms with van der Waals surface area (Å²) in [5.41, 5.74) is 8.58. The van der Waals surface area contributed by atoms with Gasteiger partial charge in [-0.2, -0.15) is 13.2 Å². The van der Waals surface area contributed by atoms with E-state index in [1.54, 1.807) is 11.0 Å². The predicted octanol–water partition coefficient (Wildman–Crippen LogP) is 1.59. The molecule has 19 heavy (non-hydrogen) atoms. The summed E-state index contributed by atoms with van der Waals surface area (Å²) < 4.78 is 37.0. The number of fused-ring (bicyclic) bond motifs is 1. The minimum Gasteiger partial charge on any atom is -0.399 e. The molecular formula is C13H17F3N2O. The van der Waals surface area contributed by atoms with Crippen molar-refractivity contribution in [3.8, 4) is 0 Å². The highest BCUT2D eigenvalue weighted by Gasteiger charge is 2.39. The Morgan fingerprint density at radius 3 is 2.47 bits per heavy atom. The zero-order valence-electron chi connectivity index (χ0n) is 10.5. The van der Waals surface area contributed by atoms with Gasteiger partial charge in [0.2, 0.25) is 0 Å². The molecule has 0 saturated heterocycles. The van der Waals surface area contributed by atoms with Crippen LogP contribution >= 0.6 is 0 Å². The quantitative estimate of drug-likeness (QED) is 0.805. The predicted molar refractivity (Wildman–Crippen MR) is 66.8 cm³/mol. The van der Waals surface area contributed by atoms with Crippen molar-refractivity contribution in [3.63, 3.8) is 0 Å². The molecule has 1 atom stereocenters. The van der Waals surface area contributed by atoms with Crippen molar-refractivity contribution in [1.29, 1.82) is 0 Å². The number of nitrogen functional groups attached to an aromatic ring is 1. The maximum absolute atomic E-state index is 12.3. The minimum absolute atomic E-state index is 0.368. The molecule has 0 spiro atoms. The lowest BCUT2D eigenvalue weighted by molar-refractivity contribution is -0.208. The van der Waals surface area contributed by atoms with Gasteiger partial charge in [0.1, 0.15) is 0 Å². The van der Waals surface area contributed by atoms with Crippen LogP contribution in [0.15, 0.2) is 18.2 Å². The van der Waals surface area contributed by atoms with Crippen LogP contribution in [0.25, 0.3) is 0 Å². The van der Waals surface area contributed by atoms with E-state index in [9.17, 15) is 13.2 Å². The molecular weight excluding hydrogens is 257 g/mol. The van der Waals surface area contributed by atoms with E-state index in [0.717, 1.165) is 11.1 Å². The monoisotopic (exact) mass is 274 g/mol. The van der Waals surface area contributed by atoms with Crippen LogP contribution in [0.5, 0.6) is 0 Å². The average molecular weight is 274 g/mol. The third-order valence-electron chi connectivity index (χ3n) is 3.43. The summed E-state index contributed by atoms with van der Waals surface area (Å²) in [4.78, 5) is 1.65. The van der Waals surface area contributed by atoms with Gasteiger partial charge in [0, 0.05) is 25.3 Å². The van der Waals surface area contributed by atoms with E-state index in [1.165, 1.54) is 0 Å². The average Bonchev–Trinajstić information content (AvgIpc) is 2.50. The van der Waals surface area contributed by atoms with Crippen molar-refractivity contribution in [3.05, 3.63) is 29.3 Å². The van der Waals surface area contributed by atoms with Crippen molar-refractivity contribution in [1.82, 2.24) is 4.90 Å². The van der Waals surface area contributed by atoms with Crippen LogP contribution in [0.3, 0.4) is 0 Å². The van der Waals surface area contributed by atoms with Crippen LogP contribution < -0.4 is 5.73 Å². The molecule has 1 aliphatic heterocycles. The normalized spacial score (nSPS) is 18.7. The number of halogens is 3. The van der Waals surface area contributed by atoms with Crippen molar-refractivity contribution < 1.29 is 18.3 Å². The number of β-amino-alcohol motifs (C(OH)–C–C–N with tert-alkyl or cyclic N) is 1. The first-order valence-electron chi connectivity index (χ1n) is 6.20. The molecule has 6 heteroatoms. The maximum atomic E-state index is 12.3. The number of nitrogens with zero attached hydrogens (tertiary/aromatic N) is 1. The highest BCUT2D eigenvalue weighted by Crippen LogP contribution is 2.23. The molecule has 1 aromatic rings. The van der Waals surface area contributed by atoms with Crippen molar-refractivity contribution in [2.45, 2.75) is 25.1 Å². The lowest BCUT2D eigenvalue weighted by Gasteiger charge is -2.24. The van der Waals surface area contributed by atoms with Crippen LogP contribution in [0.1, 0.15) is 11.1 Å². The van der Waals surface area contributed by atoms with Crippen LogP contribution in [0.4, 0.5) is 18.9 Å². The molecule has 1 aromatic carbocycles. The second-order valence-corrected chi connectivity index (χ2v) is 4.89. The van der Waals surface area contributed by atoms with Gasteiger partial charge in [-0.15, -0.1) is 0 Å². The standard InChI is InChI=1S/C13H17F3N2O/c14-13(15,16)12(19)8-18-5-3-9-1-2-11(17)7-10(9)4-6-18/h1-2,7,12,19H,3-6,8,17H2/t12-/m0/s1. The fourth-order valence-electron chi connectivity index (χ4n) is 2.32. The molecule has 0 saturated carbocycles. The Morgan fingerprint density at radius 2 is 1.84 bits per heavy atom. The van der Waals surface area contributed by atoms with Gasteiger partial charge < -0.3 is 10.8 Å². The van der Waals surface area contributed by atoms with E-state index in [0.29, 0.717) is 31.6 Å². The summed E-state index contributed by atoms with van der Waals surface area (Å²) in [5, 5.41) is 9.10. The van der Waals surface area contributed by atoms with Gasteiger partial charge in [0.15, 0.2) is 6.10 Å². The third kappa shape index (κ3) is 3.61.